The number of nitrogens with one attached hydrogen (secondary N) is 1. The summed E-state index contributed by atoms with van der Waals surface area (Å²) in [5.74, 6) is -0.120. The number of anilines is 1. The van der Waals surface area contributed by atoms with Crippen LogP contribution in [-0.2, 0) is 11.3 Å². The van der Waals surface area contributed by atoms with Crippen molar-refractivity contribution in [1.82, 2.24) is 5.32 Å². The summed E-state index contributed by atoms with van der Waals surface area (Å²) in [4.78, 5) is 39.7. The zero-order valence-electron chi connectivity index (χ0n) is 21.1. The van der Waals surface area contributed by atoms with Gasteiger partial charge in [-0.3, -0.25) is 19.3 Å². The van der Waals surface area contributed by atoms with Gasteiger partial charge in [0.25, 0.3) is 11.8 Å². The smallest absolute Gasteiger partial charge is 0.287 e. The first-order chi connectivity index (χ1) is 18.9. The third kappa shape index (κ3) is 5.98. The Kier molecular flexibility index (Phi) is 7.40. The van der Waals surface area contributed by atoms with E-state index in [1.54, 1.807) is 30.3 Å². The average Bonchev–Trinajstić information content (AvgIpc) is 3.43. The first-order valence-corrected chi connectivity index (χ1v) is 12.3. The molecule has 2 amide bonds. The number of ketones is 1. The Balaban J connectivity index is 1.27. The molecule has 39 heavy (non-hydrogen) atoms. The van der Waals surface area contributed by atoms with E-state index in [1.807, 2.05) is 37.3 Å². The van der Waals surface area contributed by atoms with Crippen molar-refractivity contribution in [3.05, 3.63) is 113 Å². The van der Waals surface area contributed by atoms with Crippen LogP contribution in [0.2, 0.25) is 0 Å². The Hall–Kier alpha value is -4.92. The van der Waals surface area contributed by atoms with Crippen LogP contribution in [-0.4, -0.2) is 30.8 Å². The van der Waals surface area contributed by atoms with Crippen LogP contribution in [0.3, 0.4) is 0 Å². The number of carbonyl (C=O) groups excluding carboxylic acids is 3. The van der Waals surface area contributed by atoms with Gasteiger partial charge in [0.1, 0.15) is 23.1 Å². The van der Waals surface area contributed by atoms with E-state index in [1.165, 1.54) is 29.2 Å². The summed E-state index contributed by atoms with van der Waals surface area (Å²) in [6, 6.07) is 22.6. The molecule has 5 rings (SSSR count). The van der Waals surface area contributed by atoms with Crippen molar-refractivity contribution >= 4 is 23.3 Å². The second-order valence-electron chi connectivity index (χ2n) is 8.99. The molecular weight excluding hydrogens is 503 g/mol. The van der Waals surface area contributed by atoms with Crippen molar-refractivity contribution < 1.29 is 32.7 Å². The largest absolute Gasteiger partial charge is 0.485 e. The molecule has 0 bridgehead atoms. The van der Waals surface area contributed by atoms with E-state index in [9.17, 15) is 18.8 Å². The van der Waals surface area contributed by atoms with Gasteiger partial charge in [0.15, 0.2) is 24.8 Å². The van der Waals surface area contributed by atoms with E-state index in [2.05, 4.69) is 5.32 Å². The maximum atomic E-state index is 13.1. The number of Topliss-reactive ketones (excluding diaryl/α,β-unsaturated/α-hetero) is 1. The highest BCUT2D eigenvalue weighted by atomic mass is 19.1. The van der Waals surface area contributed by atoms with Crippen molar-refractivity contribution in [2.24, 2.45) is 0 Å². The average molecular weight is 529 g/mol. The van der Waals surface area contributed by atoms with Crippen LogP contribution in [0, 0.1) is 5.82 Å². The number of hydrogen-bond donors (Lipinski definition) is 1. The van der Waals surface area contributed by atoms with Crippen LogP contribution in [0.15, 0.2) is 89.3 Å². The Bertz CT molecular complexity index is 1500. The lowest BCUT2D eigenvalue weighted by Crippen LogP contribution is -2.38. The third-order valence-corrected chi connectivity index (χ3v) is 6.25. The second-order valence-corrected chi connectivity index (χ2v) is 8.99. The molecule has 9 heteroatoms. The highest BCUT2D eigenvalue weighted by molar-refractivity contribution is 6.02. The van der Waals surface area contributed by atoms with E-state index in [4.69, 9.17) is 13.9 Å². The molecule has 8 nitrogen and oxygen atoms in total. The van der Waals surface area contributed by atoms with Gasteiger partial charge >= 0.3 is 0 Å². The molecule has 1 aliphatic rings. The number of halogens is 1. The van der Waals surface area contributed by atoms with Crippen LogP contribution in [0.25, 0.3) is 0 Å². The monoisotopic (exact) mass is 528 g/mol. The minimum Gasteiger partial charge on any atom is -0.485 e. The van der Waals surface area contributed by atoms with Crippen molar-refractivity contribution in [2.45, 2.75) is 19.5 Å². The molecule has 1 atom stereocenters. The van der Waals surface area contributed by atoms with E-state index in [0.717, 1.165) is 5.56 Å². The predicted molar refractivity (Wildman–Crippen MR) is 140 cm³/mol. The summed E-state index contributed by atoms with van der Waals surface area (Å²) in [6.07, 6.45) is 0. The molecule has 0 aliphatic carbocycles. The summed E-state index contributed by atoms with van der Waals surface area (Å²) < 4.78 is 29.9. The van der Waals surface area contributed by atoms with Gasteiger partial charge in [0, 0.05) is 5.56 Å². The first-order valence-electron chi connectivity index (χ1n) is 12.3. The highest BCUT2D eigenvalue weighted by Crippen LogP contribution is 2.34. The molecule has 0 spiro atoms. The lowest BCUT2D eigenvalue weighted by Gasteiger charge is -2.29. The Morgan fingerprint density at radius 2 is 1.79 bits per heavy atom. The number of carbonyl (C=O) groups is 3. The molecule has 198 valence electrons. The summed E-state index contributed by atoms with van der Waals surface area (Å²) in [5.41, 5.74) is 1.68. The molecule has 4 aromatic rings. The molecule has 0 radical (unpaired) electrons. The summed E-state index contributed by atoms with van der Waals surface area (Å²) in [7, 11) is 0. The van der Waals surface area contributed by atoms with Gasteiger partial charge in [-0.15, -0.1) is 0 Å². The lowest BCUT2D eigenvalue weighted by molar-refractivity contribution is -0.121. The van der Waals surface area contributed by atoms with Crippen LogP contribution >= 0.6 is 0 Å². The molecule has 2 heterocycles. The van der Waals surface area contributed by atoms with Crippen molar-refractivity contribution in [3.8, 4) is 11.5 Å². The maximum Gasteiger partial charge on any atom is 0.287 e. The molecule has 1 N–H and O–H groups in total. The van der Waals surface area contributed by atoms with Gasteiger partial charge in [-0.2, -0.15) is 0 Å². The van der Waals surface area contributed by atoms with Crippen molar-refractivity contribution in [3.63, 3.8) is 0 Å². The zero-order valence-corrected chi connectivity index (χ0v) is 21.1. The molecule has 1 aromatic heterocycles. The van der Waals surface area contributed by atoms with Gasteiger partial charge in [0.2, 0.25) is 0 Å². The number of rotatable bonds is 9. The SMILES string of the molecule is C[C@@H](NC(=O)c1ccc(CN2C(=O)COc3ccc(C(=O)COc4ccc(F)cc4)cc32)o1)c1ccccc1. The second kappa shape index (κ2) is 11.2. The quantitative estimate of drug-likeness (QED) is 0.304. The van der Waals surface area contributed by atoms with Crippen molar-refractivity contribution in [2.75, 3.05) is 18.1 Å². The standard InChI is InChI=1S/C30H25FN2O6/c1-19(20-5-3-2-4-6-20)32-30(36)28-14-12-24(39-28)16-33-25-15-21(7-13-27(25)38-18-29(33)35)26(34)17-37-23-10-8-22(31)9-11-23/h2-15,19H,16-18H2,1H3,(H,32,36)/t19-/m1/s1. The molecule has 3 aromatic carbocycles. The fraction of sp³-hybridized carbons (Fsp3) is 0.167. The number of nitrogens with zero attached hydrogens (tertiary/aromatic N) is 1. The number of benzene rings is 3. The number of amides is 2. The van der Waals surface area contributed by atoms with Gasteiger partial charge in [0.05, 0.1) is 18.3 Å². The van der Waals surface area contributed by atoms with Gasteiger partial charge in [-0.25, -0.2) is 4.39 Å². The fourth-order valence-electron chi connectivity index (χ4n) is 4.15. The molecular formula is C30H25FN2O6. The lowest BCUT2D eigenvalue weighted by atomic mass is 10.1. The Labute approximate surface area is 223 Å². The Morgan fingerprint density at radius 1 is 1.03 bits per heavy atom. The summed E-state index contributed by atoms with van der Waals surface area (Å²) in [5, 5.41) is 2.90. The van der Waals surface area contributed by atoms with E-state index in [-0.39, 0.29) is 49.2 Å². The minimum absolute atomic E-state index is 0.0421. The van der Waals surface area contributed by atoms with E-state index >= 15 is 0 Å². The molecule has 1 aliphatic heterocycles. The molecule has 0 saturated carbocycles. The van der Waals surface area contributed by atoms with Crippen LogP contribution in [0.4, 0.5) is 10.1 Å². The van der Waals surface area contributed by atoms with Crippen LogP contribution < -0.4 is 19.7 Å². The van der Waals surface area contributed by atoms with Gasteiger partial charge < -0.3 is 19.2 Å². The summed E-state index contributed by atoms with van der Waals surface area (Å²) >= 11 is 0. The predicted octanol–water partition coefficient (Wildman–Crippen LogP) is 5.10. The van der Waals surface area contributed by atoms with Crippen LogP contribution in [0.1, 0.15) is 45.2 Å². The first kappa shape index (κ1) is 25.7. The number of fused-ring (bicyclic) bond motifs is 1. The van der Waals surface area contributed by atoms with Gasteiger partial charge in [-0.05, 0) is 67.1 Å². The van der Waals surface area contributed by atoms with Gasteiger partial charge in [-0.1, -0.05) is 30.3 Å². The summed E-state index contributed by atoms with van der Waals surface area (Å²) in [6.45, 7) is 1.48. The third-order valence-electron chi connectivity index (χ3n) is 6.25. The molecule has 0 saturated heterocycles. The van der Waals surface area contributed by atoms with Crippen molar-refractivity contribution in [1.29, 1.82) is 0 Å². The number of hydrogen-bond acceptors (Lipinski definition) is 6. The highest BCUT2D eigenvalue weighted by Gasteiger charge is 2.28. The van der Waals surface area contributed by atoms with E-state index in [0.29, 0.717) is 28.5 Å². The molecule has 0 fully saturated rings. The fourth-order valence-corrected chi connectivity index (χ4v) is 4.15. The Morgan fingerprint density at radius 3 is 2.56 bits per heavy atom. The number of ether oxygens (including phenoxy) is 2. The normalized spacial score (nSPS) is 13.3. The van der Waals surface area contributed by atoms with Crippen LogP contribution in [0.5, 0.6) is 11.5 Å². The zero-order chi connectivity index (χ0) is 27.4. The minimum atomic E-state index is -0.404. The topological polar surface area (TPSA) is 98.1 Å². The maximum absolute atomic E-state index is 13.1. The van der Waals surface area contributed by atoms with E-state index < -0.39 is 5.82 Å². The number of furan rings is 1. The molecule has 0 unspecified atom stereocenters.